The molecule has 2 aromatic rings. The van der Waals surface area contributed by atoms with Gasteiger partial charge >= 0.3 is 5.97 Å². The van der Waals surface area contributed by atoms with E-state index in [0.717, 1.165) is 25.2 Å². The number of ether oxygens (including phenoxy) is 2. The van der Waals surface area contributed by atoms with Gasteiger partial charge in [-0.15, -0.1) is 6.58 Å². The Hall–Kier alpha value is -3.41. The van der Waals surface area contributed by atoms with Gasteiger partial charge in [0.25, 0.3) is 0 Å². The Labute approximate surface area is 228 Å². The molecule has 1 atom stereocenters. The van der Waals surface area contributed by atoms with E-state index in [9.17, 15) is 14.4 Å². The maximum absolute atomic E-state index is 12.4. The van der Waals surface area contributed by atoms with E-state index in [0.29, 0.717) is 18.4 Å². The van der Waals surface area contributed by atoms with Crippen LogP contribution in [0.15, 0.2) is 67.3 Å². The summed E-state index contributed by atoms with van der Waals surface area (Å²) in [6, 6.07) is 17.0. The molecule has 0 bridgehead atoms. The molecule has 0 saturated carbocycles. The van der Waals surface area contributed by atoms with Gasteiger partial charge in [-0.05, 0) is 58.6 Å². The molecular weight excluding hydrogens is 478 g/mol. The average Bonchev–Trinajstić information content (AvgIpc) is 2.91. The Morgan fingerprint density at radius 3 is 2.26 bits per heavy atom. The van der Waals surface area contributed by atoms with E-state index in [4.69, 9.17) is 9.47 Å². The third kappa shape index (κ3) is 13.8. The van der Waals surface area contributed by atoms with Crippen molar-refractivity contribution in [1.29, 1.82) is 0 Å². The summed E-state index contributed by atoms with van der Waals surface area (Å²) in [4.78, 5) is 36.4. The van der Waals surface area contributed by atoms with Crippen LogP contribution in [0.1, 0.15) is 82.1 Å². The lowest BCUT2D eigenvalue weighted by Gasteiger charge is -2.23. The zero-order chi connectivity index (χ0) is 28.4. The Bertz CT molecular complexity index is 983. The first-order valence-corrected chi connectivity index (χ1v) is 13.5. The van der Waals surface area contributed by atoms with Crippen LogP contribution in [0.4, 0.5) is 0 Å². The quantitative estimate of drug-likeness (QED) is 0.119. The van der Waals surface area contributed by atoms with Gasteiger partial charge in [0.15, 0.2) is 5.78 Å². The highest BCUT2D eigenvalue weighted by Gasteiger charge is 2.23. The van der Waals surface area contributed by atoms with Crippen LogP contribution in [0.5, 0.6) is 5.75 Å². The van der Waals surface area contributed by atoms with Crippen molar-refractivity contribution in [2.45, 2.75) is 78.7 Å². The molecule has 2 rings (SSSR count). The molecule has 2 aromatic carbocycles. The van der Waals surface area contributed by atoms with Gasteiger partial charge in [-0.1, -0.05) is 74.4 Å². The minimum Gasteiger partial charge on any atom is -0.494 e. The molecule has 0 aliphatic rings. The number of nitrogens with one attached hydrogen (secondary N) is 1. The SMILES string of the molecule is C=CC[C@H](CCC(=O)OC(C)(C)CC)C(=O)NCC(=O)c1ccccc1.CCCCOc1ccc(C)cc1. The summed E-state index contributed by atoms with van der Waals surface area (Å²) < 4.78 is 10.9. The molecular formula is C32H45NO5. The maximum atomic E-state index is 12.4. The second-order valence-corrected chi connectivity index (χ2v) is 9.87. The highest BCUT2D eigenvalue weighted by molar-refractivity contribution is 5.99. The summed E-state index contributed by atoms with van der Waals surface area (Å²) in [6.45, 7) is 14.3. The molecule has 0 heterocycles. The van der Waals surface area contributed by atoms with Crippen LogP contribution >= 0.6 is 0 Å². The number of Topliss-reactive ketones (excluding diaryl/α,β-unsaturated/α-hetero) is 1. The van der Waals surface area contributed by atoms with E-state index in [2.05, 4.69) is 37.9 Å². The van der Waals surface area contributed by atoms with Crippen molar-refractivity contribution in [2.75, 3.05) is 13.2 Å². The lowest BCUT2D eigenvalue weighted by molar-refractivity contribution is -0.157. The minimum atomic E-state index is -0.505. The van der Waals surface area contributed by atoms with E-state index < -0.39 is 11.5 Å². The number of esters is 1. The van der Waals surface area contributed by atoms with Crippen molar-refractivity contribution in [3.63, 3.8) is 0 Å². The van der Waals surface area contributed by atoms with Gasteiger partial charge < -0.3 is 14.8 Å². The Morgan fingerprint density at radius 2 is 1.68 bits per heavy atom. The molecule has 6 heteroatoms. The lowest BCUT2D eigenvalue weighted by Crippen LogP contribution is -2.35. The third-order valence-corrected chi connectivity index (χ3v) is 6.07. The molecule has 38 heavy (non-hydrogen) atoms. The molecule has 0 aliphatic carbocycles. The predicted molar refractivity (Wildman–Crippen MR) is 153 cm³/mol. The number of carbonyl (C=O) groups excluding carboxylic acids is 3. The van der Waals surface area contributed by atoms with Crippen LogP contribution in [0.25, 0.3) is 0 Å². The van der Waals surface area contributed by atoms with Gasteiger partial charge in [-0.25, -0.2) is 0 Å². The van der Waals surface area contributed by atoms with Gasteiger partial charge in [0.1, 0.15) is 11.4 Å². The summed E-state index contributed by atoms with van der Waals surface area (Å²) >= 11 is 0. The fourth-order valence-corrected chi connectivity index (χ4v) is 3.29. The smallest absolute Gasteiger partial charge is 0.306 e. The molecule has 0 aromatic heterocycles. The van der Waals surface area contributed by atoms with Crippen molar-refractivity contribution < 1.29 is 23.9 Å². The van der Waals surface area contributed by atoms with E-state index in [1.807, 2.05) is 39.0 Å². The van der Waals surface area contributed by atoms with Crippen molar-refractivity contribution in [2.24, 2.45) is 5.92 Å². The average molecular weight is 524 g/mol. The number of unbranched alkanes of at least 4 members (excludes halogenated alkanes) is 1. The molecule has 208 valence electrons. The van der Waals surface area contributed by atoms with Crippen molar-refractivity contribution in [3.05, 3.63) is 78.4 Å². The van der Waals surface area contributed by atoms with Crippen LogP contribution in [0, 0.1) is 12.8 Å². The first-order chi connectivity index (χ1) is 18.1. The number of hydrogen-bond acceptors (Lipinski definition) is 5. The van der Waals surface area contributed by atoms with E-state index >= 15 is 0 Å². The number of benzene rings is 2. The second kappa shape index (κ2) is 17.9. The number of rotatable bonds is 15. The van der Waals surface area contributed by atoms with Gasteiger partial charge in [0.05, 0.1) is 13.2 Å². The normalized spacial score (nSPS) is 11.4. The van der Waals surface area contributed by atoms with Crippen LogP contribution < -0.4 is 10.1 Å². The Morgan fingerprint density at radius 1 is 1.03 bits per heavy atom. The number of carbonyl (C=O) groups is 3. The number of allylic oxidation sites excluding steroid dienone is 1. The molecule has 1 N–H and O–H groups in total. The summed E-state index contributed by atoms with van der Waals surface area (Å²) in [5, 5.41) is 2.66. The number of ketones is 1. The van der Waals surface area contributed by atoms with Crippen molar-refractivity contribution in [3.8, 4) is 5.75 Å². The maximum Gasteiger partial charge on any atom is 0.306 e. The second-order valence-electron chi connectivity index (χ2n) is 9.87. The molecule has 0 radical (unpaired) electrons. The van der Waals surface area contributed by atoms with E-state index in [1.54, 1.807) is 30.3 Å². The van der Waals surface area contributed by atoms with E-state index in [1.165, 1.54) is 12.0 Å². The largest absolute Gasteiger partial charge is 0.494 e. The molecule has 0 fully saturated rings. The van der Waals surface area contributed by atoms with Gasteiger partial charge in [-0.2, -0.15) is 0 Å². The molecule has 0 unspecified atom stereocenters. The van der Waals surface area contributed by atoms with Gasteiger partial charge in [-0.3, -0.25) is 14.4 Å². The molecule has 0 aliphatic heterocycles. The topological polar surface area (TPSA) is 81.7 Å². The highest BCUT2D eigenvalue weighted by atomic mass is 16.6. The fourth-order valence-electron chi connectivity index (χ4n) is 3.29. The van der Waals surface area contributed by atoms with Crippen molar-refractivity contribution in [1.82, 2.24) is 5.32 Å². The summed E-state index contributed by atoms with van der Waals surface area (Å²) in [6.07, 6.45) is 5.63. The first kappa shape index (κ1) is 32.6. The van der Waals surface area contributed by atoms with Gasteiger partial charge in [0, 0.05) is 17.9 Å². The Kier molecular flexibility index (Phi) is 15.4. The monoisotopic (exact) mass is 523 g/mol. The number of hydrogen-bond donors (Lipinski definition) is 1. The Balaban J connectivity index is 0.000000499. The van der Waals surface area contributed by atoms with Gasteiger partial charge in [0.2, 0.25) is 5.91 Å². The molecule has 0 spiro atoms. The minimum absolute atomic E-state index is 0.0657. The zero-order valence-corrected chi connectivity index (χ0v) is 23.8. The standard InChI is InChI=1S/C21H29NO4.C11H16O/c1-5-10-17(13-14-19(24)26-21(3,4)6-2)20(25)22-15-18(23)16-11-8-7-9-12-16;1-3-4-9-12-11-7-5-10(2)6-8-11/h5,7-9,11-12,17H,1,6,10,13-15H2,2-4H3,(H,22,25);5-8H,3-4,9H2,1-2H3/t17-;/m1./s1. The lowest BCUT2D eigenvalue weighted by atomic mass is 9.98. The number of amides is 1. The summed E-state index contributed by atoms with van der Waals surface area (Å²) in [5.41, 5.74) is 1.33. The molecule has 0 saturated heterocycles. The summed E-state index contributed by atoms with van der Waals surface area (Å²) in [5.74, 6) is -0.154. The third-order valence-electron chi connectivity index (χ3n) is 6.07. The van der Waals surface area contributed by atoms with Crippen LogP contribution in [-0.4, -0.2) is 36.4 Å². The predicted octanol–water partition coefficient (Wildman–Crippen LogP) is 6.86. The molecule has 6 nitrogen and oxygen atoms in total. The first-order valence-electron chi connectivity index (χ1n) is 13.5. The molecule has 1 amide bonds. The van der Waals surface area contributed by atoms with Crippen LogP contribution in [0.2, 0.25) is 0 Å². The van der Waals surface area contributed by atoms with Crippen LogP contribution in [-0.2, 0) is 14.3 Å². The zero-order valence-electron chi connectivity index (χ0n) is 23.8. The number of aryl methyl sites for hydroxylation is 1. The summed E-state index contributed by atoms with van der Waals surface area (Å²) in [7, 11) is 0. The fraction of sp³-hybridized carbons (Fsp3) is 0.469. The highest BCUT2D eigenvalue weighted by Crippen LogP contribution is 2.18. The van der Waals surface area contributed by atoms with Crippen LogP contribution in [0.3, 0.4) is 0 Å². The van der Waals surface area contributed by atoms with Crippen molar-refractivity contribution >= 4 is 17.7 Å². The van der Waals surface area contributed by atoms with E-state index in [-0.39, 0.29) is 30.6 Å².